The van der Waals surface area contributed by atoms with Crippen LogP contribution >= 0.6 is 0 Å². The fourth-order valence-corrected chi connectivity index (χ4v) is 3.91. The van der Waals surface area contributed by atoms with E-state index in [4.69, 9.17) is 9.47 Å². The normalized spacial score (nSPS) is 13.4. The summed E-state index contributed by atoms with van der Waals surface area (Å²) >= 11 is 0. The quantitative estimate of drug-likeness (QED) is 0.274. The molecule has 40 heavy (non-hydrogen) atoms. The van der Waals surface area contributed by atoms with Crippen LogP contribution in [0.5, 0.6) is 5.75 Å². The molecule has 1 heterocycles. The molecule has 0 saturated carbocycles. The minimum absolute atomic E-state index is 0.0278. The van der Waals surface area contributed by atoms with Gasteiger partial charge in [-0.3, -0.25) is 14.4 Å². The maximum absolute atomic E-state index is 12.9. The lowest BCUT2D eigenvalue weighted by Crippen LogP contribution is -2.20. The first-order valence-corrected chi connectivity index (χ1v) is 12.7. The van der Waals surface area contributed by atoms with Crippen LogP contribution in [0.1, 0.15) is 18.1 Å². The van der Waals surface area contributed by atoms with Crippen molar-refractivity contribution >= 4 is 39.9 Å². The second kappa shape index (κ2) is 12.8. The molecule has 0 bridgehead atoms. The molecule has 0 aliphatic heterocycles. The van der Waals surface area contributed by atoms with Crippen molar-refractivity contribution in [2.24, 2.45) is 0 Å². The Balaban J connectivity index is 1.55. The third kappa shape index (κ3) is 6.97. The average Bonchev–Trinajstić information content (AvgIpc) is 2.91. The smallest absolute Gasteiger partial charge is 0.248 e. The molecule has 0 spiro atoms. The largest absolute Gasteiger partial charge is 0.492 e. The van der Waals surface area contributed by atoms with E-state index >= 15 is 0 Å². The topological polar surface area (TPSA) is 123 Å². The Morgan fingerprint density at radius 3 is 2.60 bits per heavy atom. The zero-order chi connectivity index (χ0) is 28.6. The molecule has 1 aromatic heterocycles. The van der Waals surface area contributed by atoms with Gasteiger partial charge in [0.25, 0.3) is 0 Å². The standard InChI is InChI=1S/C30H31N5O5/c1-5-39-27-15-22-21(13-24(27)33-29(38)11-8-12-35(3)4)30(32-18-31-22)34-23-14-26(37)28(16-25(23)36)40-17-20-10-7-6-9-19(20)2/h6-11,13-16,18H,5,12,17H2,1-4H3,(H,33,38)(H,31,32,34). The van der Waals surface area contributed by atoms with Crippen LogP contribution in [0.2, 0.25) is 0 Å². The van der Waals surface area contributed by atoms with E-state index in [1.54, 1.807) is 18.2 Å². The lowest BCUT2D eigenvalue weighted by molar-refractivity contribution is -0.117. The number of carbonyl (C=O) groups excluding carboxylic acids is 3. The van der Waals surface area contributed by atoms with Crippen molar-refractivity contribution in [2.75, 3.05) is 37.9 Å². The summed E-state index contributed by atoms with van der Waals surface area (Å²) in [7, 11) is 3.81. The van der Waals surface area contributed by atoms with Crippen molar-refractivity contribution in [1.29, 1.82) is 0 Å². The Bertz CT molecular complexity index is 1540. The fourth-order valence-electron chi connectivity index (χ4n) is 3.91. The second-order valence-electron chi connectivity index (χ2n) is 9.31. The molecule has 10 heteroatoms. The number of anilines is 2. The molecule has 206 valence electrons. The molecule has 1 aliphatic carbocycles. The number of aromatic nitrogens is 2. The highest BCUT2D eigenvalue weighted by Gasteiger charge is 2.23. The van der Waals surface area contributed by atoms with Crippen LogP contribution in [0.25, 0.3) is 10.9 Å². The van der Waals surface area contributed by atoms with Gasteiger partial charge in [-0.05, 0) is 45.1 Å². The monoisotopic (exact) mass is 541 g/mol. The zero-order valence-corrected chi connectivity index (χ0v) is 22.9. The van der Waals surface area contributed by atoms with Gasteiger partial charge >= 0.3 is 0 Å². The molecule has 0 atom stereocenters. The van der Waals surface area contributed by atoms with E-state index in [1.165, 1.54) is 24.6 Å². The third-order valence-corrected chi connectivity index (χ3v) is 5.98. The summed E-state index contributed by atoms with van der Waals surface area (Å²) in [5, 5.41) is 6.30. The Kier molecular flexibility index (Phi) is 9.03. The average molecular weight is 542 g/mol. The lowest BCUT2D eigenvalue weighted by Gasteiger charge is -2.17. The van der Waals surface area contributed by atoms with Gasteiger partial charge in [0.15, 0.2) is 5.76 Å². The molecular weight excluding hydrogens is 510 g/mol. The van der Waals surface area contributed by atoms with Gasteiger partial charge in [-0.25, -0.2) is 9.97 Å². The molecule has 2 aromatic carbocycles. The van der Waals surface area contributed by atoms with E-state index in [1.807, 2.05) is 57.1 Å². The van der Waals surface area contributed by atoms with E-state index in [-0.39, 0.29) is 29.8 Å². The summed E-state index contributed by atoms with van der Waals surface area (Å²) in [6, 6.07) is 11.0. The lowest BCUT2D eigenvalue weighted by atomic mass is 10.1. The van der Waals surface area contributed by atoms with Gasteiger partial charge in [-0.2, -0.15) is 0 Å². The molecular formula is C30H31N5O5. The van der Waals surface area contributed by atoms with Crippen LogP contribution in [-0.2, 0) is 25.7 Å². The number of hydrogen-bond donors (Lipinski definition) is 2. The summed E-state index contributed by atoms with van der Waals surface area (Å²) < 4.78 is 11.4. The first-order valence-electron chi connectivity index (χ1n) is 12.7. The number of ketones is 2. The minimum Gasteiger partial charge on any atom is -0.492 e. The van der Waals surface area contributed by atoms with Crippen LogP contribution in [0.15, 0.2) is 78.5 Å². The molecule has 1 amide bonds. The predicted octanol–water partition coefficient (Wildman–Crippen LogP) is 3.94. The van der Waals surface area contributed by atoms with Gasteiger partial charge in [0.2, 0.25) is 17.5 Å². The number of carbonyl (C=O) groups is 3. The molecule has 4 rings (SSSR count). The summed E-state index contributed by atoms with van der Waals surface area (Å²) in [5.41, 5.74) is 2.93. The summed E-state index contributed by atoms with van der Waals surface area (Å²) in [6.07, 6.45) is 6.90. The van der Waals surface area contributed by atoms with Crippen LogP contribution < -0.4 is 15.4 Å². The maximum atomic E-state index is 12.9. The van der Waals surface area contributed by atoms with Crippen LogP contribution in [0, 0.1) is 6.92 Å². The van der Waals surface area contributed by atoms with Gasteiger partial charge in [-0.1, -0.05) is 30.3 Å². The number of nitrogens with zero attached hydrogens (tertiary/aromatic N) is 3. The van der Waals surface area contributed by atoms with Crippen molar-refractivity contribution in [3.63, 3.8) is 0 Å². The highest BCUT2D eigenvalue weighted by Crippen LogP contribution is 2.33. The van der Waals surface area contributed by atoms with E-state index in [2.05, 4.69) is 20.6 Å². The Morgan fingerprint density at radius 2 is 1.85 bits per heavy atom. The van der Waals surface area contributed by atoms with Crippen LogP contribution in [-0.4, -0.2) is 59.6 Å². The molecule has 0 fully saturated rings. The van der Waals surface area contributed by atoms with Crippen LogP contribution in [0.3, 0.4) is 0 Å². The summed E-state index contributed by atoms with van der Waals surface area (Å²) in [5.74, 6) is -0.498. The molecule has 3 aromatic rings. The molecule has 0 saturated heterocycles. The highest BCUT2D eigenvalue weighted by molar-refractivity contribution is 6.20. The van der Waals surface area contributed by atoms with E-state index < -0.39 is 11.6 Å². The molecule has 10 nitrogen and oxygen atoms in total. The van der Waals surface area contributed by atoms with Crippen molar-refractivity contribution in [2.45, 2.75) is 20.5 Å². The zero-order valence-electron chi connectivity index (χ0n) is 22.9. The minimum atomic E-state index is -0.440. The third-order valence-electron chi connectivity index (χ3n) is 5.98. The number of amides is 1. The first-order chi connectivity index (χ1) is 19.2. The predicted molar refractivity (Wildman–Crippen MR) is 153 cm³/mol. The number of hydrogen-bond acceptors (Lipinski definition) is 9. The number of nitrogens with one attached hydrogen (secondary N) is 2. The van der Waals surface area contributed by atoms with Gasteiger partial charge in [0.1, 0.15) is 24.5 Å². The number of likely N-dealkylation sites (N-methyl/N-ethyl adjacent to an activating group) is 1. The molecule has 0 unspecified atom stereocenters. The number of aryl methyl sites for hydroxylation is 1. The Labute approximate surface area is 232 Å². The van der Waals surface area contributed by atoms with Gasteiger partial charge < -0.3 is 25.0 Å². The Hall–Kier alpha value is -4.83. The van der Waals surface area contributed by atoms with Crippen molar-refractivity contribution < 1.29 is 23.9 Å². The number of ether oxygens (including phenoxy) is 2. The first kappa shape index (κ1) is 28.2. The van der Waals surface area contributed by atoms with E-state index in [0.29, 0.717) is 35.5 Å². The van der Waals surface area contributed by atoms with Gasteiger partial charge in [-0.15, -0.1) is 0 Å². The SMILES string of the molecule is CCOc1cc2ncnc(NC3=CC(=O)C(OCc4ccccc4C)=CC3=O)c2cc1NC(=O)C=CCN(C)C. The fraction of sp³-hybridized carbons (Fsp3) is 0.233. The summed E-state index contributed by atoms with van der Waals surface area (Å²) in [6.45, 7) is 4.95. The number of rotatable bonds is 11. The van der Waals surface area contributed by atoms with Gasteiger partial charge in [0, 0.05) is 36.2 Å². The molecule has 2 N–H and O–H groups in total. The summed E-state index contributed by atoms with van der Waals surface area (Å²) in [4.78, 5) is 48.7. The maximum Gasteiger partial charge on any atom is 0.248 e. The van der Waals surface area contributed by atoms with Crippen molar-refractivity contribution in [3.05, 3.63) is 89.6 Å². The number of fused-ring (bicyclic) bond motifs is 1. The van der Waals surface area contributed by atoms with Crippen molar-refractivity contribution in [1.82, 2.24) is 14.9 Å². The second-order valence-corrected chi connectivity index (χ2v) is 9.31. The highest BCUT2D eigenvalue weighted by atomic mass is 16.5. The number of benzene rings is 2. The molecule has 0 radical (unpaired) electrons. The van der Waals surface area contributed by atoms with E-state index in [0.717, 1.165) is 11.1 Å². The Morgan fingerprint density at radius 1 is 1.05 bits per heavy atom. The van der Waals surface area contributed by atoms with Gasteiger partial charge in [0.05, 0.1) is 23.5 Å². The van der Waals surface area contributed by atoms with Crippen molar-refractivity contribution in [3.8, 4) is 5.75 Å². The number of allylic oxidation sites excluding steroid dienone is 2. The van der Waals surface area contributed by atoms with Crippen LogP contribution in [0.4, 0.5) is 11.5 Å². The van der Waals surface area contributed by atoms with E-state index in [9.17, 15) is 14.4 Å². The molecule has 1 aliphatic rings.